The summed E-state index contributed by atoms with van der Waals surface area (Å²) < 4.78 is 10.4. The van der Waals surface area contributed by atoms with Gasteiger partial charge < -0.3 is 14.6 Å². The van der Waals surface area contributed by atoms with Crippen molar-refractivity contribution in [3.8, 4) is 17.1 Å². The van der Waals surface area contributed by atoms with E-state index in [1.807, 2.05) is 36.4 Å². The molecule has 3 rings (SSSR count). The quantitative estimate of drug-likeness (QED) is 0.527. The van der Waals surface area contributed by atoms with E-state index in [0.29, 0.717) is 54.0 Å². The molecular formula is C21H21Cl2N3O3. The molecule has 1 N–H and O–H groups in total. The van der Waals surface area contributed by atoms with Crippen molar-refractivity contribution in [2.24, 2.45) is 0 Å². The smallest absolute Gasteiger partial charge is 0.226 e. The van der Waals surface area contributed by atoms with Gasteiger partial charge in [0.25, 0.3) is 0 Å². The maximum Gasteiger partial charge on any atom is 0.226 e. The molecule has 0 unspecified atom stereocenters. The van der Waals surface area contributed by atoms with Crippen molar-refractivity contribution in [2.45, 2.75) is 25.7 Å². The maximum atomic E-state index is 12.0. The number of aromatic nitrogens is 2. The number of aryl methyl sites for hydroxylation is 1. The molecule has 0 fully saturated rings. The van der Waals surface area contributed by atoms with E-state index < -0.39 is 0 Å². The topological polar surface area (TPSA) is 77.2 Å². The zero-order chi connectivity index (χ0) is 20.6. The molecule has 1 amide bonds. The minimum absolute atomic E-state index is 0.0204. The lowest BCUT2D eigenvalue weighted by Crippen LogP contribution is -2.25. The Bertz CT molecular complexity index is 938. The molecule has 8 heteroatoms. The molecular weight excluding hydrogens is 413 g/mol. The Morgan fingerprint density at radius 1 is 1.10 bits per heavy atom. The predicted molar refractivity (Wildman–Crippen MR) is 112 cm³/mol. The Morgan fingerprint density at radius 2 is 1.83 bits per heavy atom. The summed E-state index contributed by atoms with van der Waals surface area (Å²) in [6.07, 6.45) is 2.22. The highest BCUT2D eigenvalue weighted by Crippen LogP contribution is 2.20. The van der Waals surface area contributed by atoms with Gasteiger partial charge in [-0.1, -0.05) is 28.4 Å². The Morgan fingerprint density at radius 3 is 2.52 bits per heavy atom. The summed E-state index contributed by atoms with van der Waals surface area (Å²) in [6, 6.07) is 12.8. The van der Waals surface area contributed by atoms with Gasteiger partial charge in [0.2, 0.25) is 17.6 Å². The number of nitrogens with one attached hydrogen (secondary N) is 1. The maximum absolute atomic E-state index is 12.0. The van der Waals surface area contributed by atoms with E-state index in [1.54, 1.807) is 13.2 Å². The van der Waals surface area contributed by atoms with E-state index in [4.69, 9.17) is 32.5 Å². The third kappa shape index (κ3) is 6.48. The first kappa shape index (κ1) is 21.1. The standard InChI is InChI=1S/C21H21Cl2N3O3/c1-28-18-7-5-15(6-8-18)21-25-20(29-26-21)4-2-3-19(27)24-10-9-14-11-16(22)13-17(23)12-14/h5-8,11-13H,2-4,9-10H2,1H3,(H,24,27). The molecule has 2 aromatic carbocycles. The van der Waals surface area contributed by atoms with Gasteiger partial charge in [-0.2, -0.15) is 4.98 Å². The fraction of sp³-hybridized carbons (Fsp3) is 0.286. The molecule has 0 spiro atoms. The van der Waals surface area contributed by atoms with Crippen LogP contribution in [0.25, 0.3) is 11.4 Å². The van der Waals surface area contributed by atoms with Crippen molar-refractivity contribution in [3.63, 3.8) is 0 Å². The van der Waals surface area contributed by atoms with Crippen LogP contribution in [-0.4, -0.2) is 29.7 Å². The molecule has 0 saturated heterocycles. The van der Waals surface area contributed by atoms with Crippen molar-refractivity contribution in [1.29, 1.82) is 0 Å². The number of benzene rings is 2. The Kier molecular flexibility index (Phi) is 7.49. The molecule has 3 aromatic rings. The third-order valence-electron chi connectivity index (χ3n) is 4.27. The molecule has 0 bridgehead atoms. The van der Waals surface area contributed by atoms with Crippen molar-refractivity contribution in [3.05, 3.63) is 64.0 Å². The SMILES string of the molecule is COc1ccc(-c2noc(CCCC(=O)NCCc3cc(Cl)cc(Cl)c3)n2)cc1. The second-order valence-electron chi connectivity index (χ2n) is 6.47. The van der Waals surface area contributed by atoms with E-state index in [0.717, 1.165) is 16.9 Å². The first-order chi connectivity index (χ1) is 14.0. The van der Waals surface area contributed by atoms with Crippen molar-refractivity contribution in [1.82, 2.24) is 15.5 Å². The minimum atomic E-state index is -0.0204. The van der Waals surface area contributed by atoms with Crippen LogP contribution in [0.3, 0.4) is 0 Å². The first-order valence-electron chi connectivity index (χ1n) is 9.22. The highest BCUT2D eigenvalue weighted by molar-refractivity contribution is 6.34. The van der Waals surface area contributed by atoms with Crippen LogP contribution in [0.4, 0.5) is 0 Å². The predicted octanol–water partition coefficient (Wildman–Crippen LogP) is 4.73. The largest absolute Gasteiger partial charge is 0.497 e. The van der Waals surface area contributed by atoms with Crippen molar-refractivity contribution in [2.75, 3.05) is 13.7 Å². The van der Waals surface area contributed by atoms with Crippen LogP contribution >= 0.6 is 23.2 Å². The highest BCUT2D eigenvalue weighted by Gasteiger charge is 2.10. The number of carbonyl (C=O) groups excluding carboxylic acids is 1. The van der Waals surface area contributed by atoms with Gasteiger partial charge >= 0.3 is 0 Å². The number of halogens is 2. The molecule has 152 valence electrons. The van der Waals surface area contributed by atoms with Crippen LogP contribution in [0.2, 0.25) is 10.0 Å². The molecule has 29 heavy (non-hydrogen) atoms. The lowest BCUT2D eigenvalue weighted by molar-refractivity contribution is -0.121. The van der Waals surface area contributed by atoms with E-state index in [2.05, 4.69) is 15.5 Å². The molecule has 0 aliphatic rings. The average molecular weight is 434 g/mol. The lowest BCUT2D eigenvalue weighted by Gasteiger charge is -2.06. The number of methoxy groups -OCH3 is 1. The van der Waals surface area contributed by atoms with Crippen LogP contribution in [0.15, 0.2) is 47.0 Å². The summed E-state index contributed by atoms with van der Waals surface area (Å²) in [5, 5.41) is 8.06. The molecule has 0 aliphatic carbocycles. The third-order valence-corrected chi connectivity index (χ3v) is 4.71. The summed E-state index contributed by atoms with van der Waals surface area (Å²) >= 11 is 12.0. The summed E-state index contributed by atoms with van der Waals surface area (Å²) in [6.45, 7) is 0.525. The molecule has 1 heterocycles. The molecule has 1 aromatic heterocycles. The second kappa shape index (κ2) is 10.3. The highest BCUT2D eigenvalue weighted by atomic mass is 35.5. The number of nitrogens with zero attached hydrogens (tertiary/aromatic N) is 2. The van der Waals surface area contributed by atoms with Gasteiger partial charge in [0.05, 0.1) is 7.11 Å². The van der Waals surface area contributed by atoms with Gasteiger partial charge in [0, 0.05) is 35.0 Å². The average Bonchev–Trinajstić information content (AvgIpc) is 3.16. The fourth-order valence-electron chi connectivity index (χ4n) is 2.80. The van der Waals surface area contributed by atoms with E-state index >= 15 is 0 Å². The first-order valence-corrected chi connectivity index (χ1v) is 9.98. The number of hydrogen-bond acceptors (Lipinski definition) is 5. The number of ether oxygens (including phenoxy) is 1. The van der Waals surface area contributed by atoms with Crippen LogP contribution < -0.4 is 10.1 Å². The van der Waals surface area contributed by atoms with Crippen LogP contribution in [0.1, 0.15) is 24.3 Å². The molecule has 0 saturated carbocycles. The van der Waals surface area contributed by atoms with Crippen LogP contribution in [0, 0.1) is 0 Å². The molecule has 0 atom stereocenters. The van der Waals surface area contributed by atoms with Gasteiger partial charge in [-0.05, 0) is 60.9 Å². The Balaban J connectivity index is 1.39. The number of carbonyl (C=O) groups is 1. The molecule has 6 nitrogen and oxygen atoms in total. The molecule has 0 radical (unpaired) electrons. The molecule has 0 aliphatic heterocycles. The van der Waals surface area contributed by atoms with Crippen molar-refractivity contribution >= 4 is 29.1 Å². The van der Waals surface area contributed by atoms with Crippen LogP contribution in [-0.2, 0) is 17.6 Å². The van der Waals surface area contributed by atoms with Crippen molar-refractivity contribution < 1.29 is 14.1 Å². The van der Waals surface area contributed by atoms with Gasteiger partial charge in [0.15, 0.2) is 0 Å². The van der Waals surface area contributed by atoms with Gasteiger partial charge in [-0.15, -0.1) is 0 Å². The second-order valence-corrected chi connectivity index (χ2v) is 7.34. The Labute approximate surface area is 179 Å². The monoisotopic (exact) mass is 433 g/mol. The number of hydrogen-bond donors (Lipinski definition) is 1. The van der Waals surface area contributed by atoms with E-state index in [9.17, 15) is 4.79 Å². The zero-order valence-electron chi connectivity index (χ0n) is 16.0. The summed E-state index contributed by atoms with van der Waals surface area (Å²) in [5.74, 6) is 1.78. The minimum Gasteiger partial charge on any atom is -0.497 e. The lowest BCUT2D eigenvalue weighted by atomic mass is 10.1. The van der Waals surface area contributed by atoms with E-state index in [1.165, 1.54) is 0 Å². The fourth-order valence-corrected chi connectivity index (χ4v) is 3.38. The summed E-state index contributed by atoms with van der Waals surface area (Å²) in [5.41, 5.74) is 1.83. The number of amides is 1. The zero-order valence-corrected chi connectivity index (χ0v) is 17.5. The number of rotatable bonds is 9. The Hall–Kier alpha value is -2.57. The van der Waals surface area contributed by atoms with Crippen LogP contribution in [0.5, 0.6) is 5.75 Å². The van der Waals surface area contributed by atoms with E-state index in [-0.39, 0.29) is 5.91 Å². The van der Waals surface area contributed by atoms with Gasteiger partial charge in [0.1, 0.15) is 5.75 Å². The normalized spacial score (nSPS) is 10.7. The van der Waals surface area contributed by atoms with Gasteiger partial charge in [-0.25, -0.2) is 0 Å². The summed E-state index contributed by atoms with van der Waals surface area (Å²) in [7, 11) is 1.62. The summed E-state index contributed by atoms with van der Waals surface area (Å²) in [4.78, 5) is 16.4. The van der Waals surface area contributed by atoms with Gasteiger partial charge in [-0.3, -0.25) is 4.79 Å².